The first-order chi connectivity index (χ1) is 8.60. The van der Waals surface area contributed by atoms with Gasteiger partial charge in [-0.05, 0) is 0 Å². The van der Waals surface area contributed by atoms with Crippen molar-refractivity contribution in [2.45, 2.75) is 18.4 Å². The van der Waals surface area contributed by atoms with Crippen LogP contribution < -0.4 is 9.47 Å². The number of aromatic nitrogens is 1. The van der Waals surface area contributed by atoms with E-state index in [-0.39, 0.29) is 6.20 Å². The molecule has 0 bridgehead atoms. The molecule has 19 heavy (non-hydrogen) atoms. The van der Waals surface area contributed by atoms with Crippen molar-refractivity contribution in [3.8, 4) is 11.5 Å². The van der Waals surface area contributed by atoms with Gasteiger partial charge in [0.15, 0.2) is 17.2 Å². The molecule has 0 amide bonds. The Bertz CT molecular complexity index is 459. The monoisotopic (exact) mass is 309 g/mol. The van der Waals surface area contributed by atoms with Crippen molar-refractivity contribution in [2.24, 2.45) is 0 Å². The molecule has 10 heteroatoms. The molecular formula is C9H6ClF6NO2. The van der Waals surface area contributed by atoms with Gasteiger partial charge in [0.25, 0.3) is 0 Å². The molecule has 0 aromatic carbocycles. The molecule has 0 aliphatic carbocycles. The van der Waals surface area contributed by atoms with Gasteiger partial charge in [-0.3, -0.25) is 0 Å². The number of rotatable bonds is 3. The number of ether oxygens (including phenoxy) is 2. The highest BCUT2D eigenvalue weighted by molar-refractivity contribution is 6.17. The van der Waals surface area contributed by atoms with Crippen LogP contribution in [0.15, 0.2) is 6.20 Å². The van der Waals surface area contributed by atoms with E-state index in [1.165, 1.54) is 0 Å². The smallest absolute Gasteiger partial charge is 0.492 e. The average molecular weight is 310 g/mol. The second-order valence-electron chi connectivity index (χ2n) is 3.16. The van der Waals surface area contributed by atoms with Crippen LogP contribution in [0, 0.1) is 0 Å². The maximum absolute atomic E-state index is 12.6. The number of methoxy groups -OCH3 is 1. The van der Waals surface area contributed by atoms with Crippen LogP contribution in [0.1, 0.15) is 11.3 Å². The summed E-state index contributed by atoms with van der Waals surface area (Å²) in [7, 11) is 0.898. The fourth-order valence-corrected chi connectivity index (χ4v) is 1.55. The molecule has 1 heterocycles. The Morgan fingerprint density at radius 3 is 2.16 bits per heavy atom. The summed E-state index contributed by atoms with van der Waals surface area (Å²) in [5.74, 6) is -2.48. The number of alkyl halides is 7. The van der Waals surface area contributed by atoms with Crippen LogP contribution in [0.25, 0.3) is 0 Å². The molecule has 1 aromatic rings. The largest absolute Gasteiger partial charge is 0.573 e. The summed E-state index contributed by atoms with van der Waals surface area (Å²) in [6.45, 7) is 0. The van der Waals surface area contributed by atoms with Crippen molar-refractivity contribution in [3.05, 3.63) is 17.5 Å². The topological polar surface area (TPSA) is 31.4 Å². The number of pyridine rings is 1. The molecule has 0 saturated carbocycles. The molecule has 0 atom stereocenters. The molecule has 1 aromatic heterocycles. The van der Waals surface area contributed by atoms with Crippen molar-refractivity contribution < 1.29 is 35.8 Å². The lowest BCUT2D eigenvalue weighted by Crippen LogP contribution is -2.19. The minimum Gasteiger partial charge on any atom is -0.492 e. The van der Waals surface area contributed by atoms with Crippen LogP contribution in [0.4, 0.5) is 26.3 Å². The Balaban J connectivity index is 3.39. The molecular weight excluding hydrogens is 304 g/mol. The second kappa shape index (κ2) is 5.32. The van der Waals surface area contributed by atoms with Gasteiger partial charge in [0.1, 0.15) is 0 Å². The summed E-state index contributed by atoms with van der Waals surface area (Å²) >= 11 is 5.31. The molecule has 0 N–H and O–H groups in total. The molecule has 0 saturated heterocycles. The predicted molar refractivity (Wildman–Crippen MR) is 52.0 cm³/mol. The first-order valence-electron chi connectivity index (χ1n) is 4.55. The Labute approximate surface area is 108 Å². The highest BCUT2D eigenvalue weighted by atomic mass is 35.5. The Hall–Kier alpha value is -1.38. The van der Waals surface area contributed by atoms with Crippen molar-refractivity contribution >= 4 is 11.6 Å². The minimum atomic E-state index is -5.09. The van der Waals surface area contributed by atoms with Crippen molar-refractivity contribution in [1.82, 2.24) is 4.98 Å². The number of hydrogen-bond acceptors (Lipinski definition) is 3. The van der Waals surface area contributed by atoms with Crippen LogP contribution in [-0.4, -0.2) is 18.5 Å². The van der Waals surface area contributed by atoms with Gasteiger partial charge in [-0.1, -0.05) is 0 Å². The van der Waals surface area contributed by atoms with E-state index in [0.29, 0.717) is 0 Å². The lowest BCUT2D eigenvalue weighted by molar-refractivity contribution is -0.275. The third-order valence-electron chi connectivity index (χ3n) is 1.93. The van der Waals surface area contributed by atoms with Gasteiger partial charge in [-0.15, -0.1) is 24.8 Å². The van der Waals surface area contributed by atoms with Crippen molar-refractivity contribution in [1.29, 1.82) is 0 Å². The van der Waals surface area contributed by atoms with Gasteiger partial charge >= 0.3 is 12.5 Å². The van der Waals surface area contributed by atoms with Gasteiger partial charge < -0.3 is 9.47 Å². The summed E-state index contributed by atoms with van der Waals surface area (Å²) in [6, 6.07) is 0. The van der Waals surface area contributed by atoms with Gasteiger partial charge in [0.05, 0.1) is 19.2 Å². The Morgan fingerprint density at radius 1 is 1.21 bits per heavy atom. The molecule has 0 fully saturated rings. The average Bonchev–Trinajstić information content (AvgIpc) is 2.24. The van der Waals surface area contributed by atoms with Crippen molar-refractivity contribution in [3.63, 3.8) is 0 Å². The summed E-state index contributed by atoms with van der Waals surface area (Å²) < 4.78 is 82.0. The van der Waals surface area contributed by atoms with Crippen molar-refractivity contribution in [2.75, 3.05) is 7.11 Å². The molecule has 0 spiro atoms. The Kier molecular flexibility index (Phi) is 4.39. The summed E-state index contributed by atoms with van der Waals surface area (Å²) in [5, 5.41) is 0. The van der Waals surface area contributed by atoms with Crippen LogP contribution in [0.3, 0.4) is 0 Å². The fraction of sp³-hybridized carbons (Fsp3) is 0.444. The van der Waals surface area contributed by atoms with Crippen LogP contribution >= 0.6 is 11.6 Å². The second-order valence-corrected chi connectivity index (χ2v) is 3.43. The van der Waals surface area contributed by atoms with Gasteiger partial charge in [-0.25, -0.2) is 4.98 Å². The number of nitrogens with zero attached hydrogens (tertiary/aromatic N) is 1. The van der Waals surface area contributed by atoms with Crippen LogP contribution in [0.2, 0.25) is 0 Å². The Morgan fingerprint density at radius 2 is 1.79 bits per heavy atom. The van der Waals surface area contributed by atoms with Gasteiger partial charge in [0, 0.05) is 5.56 Å². The van der Waals surface area contributed by atoms with Gasteiger partial charge in [0.2, 0.25) is 0 Å². The standard InChI is InChI=1S/C9H6ClF6NO2/c1-18-6-4(2-10)7(8(11,12)13)17-3-5(6)19-9(14,15)16/h3H,2H2,1H3. The maximum atomic E-state index is 12.6. The van der Waals surface area contributed by atoms with E-state index in [2.05, 4.69) is 14.5 Å². The minimum absolute atomic E-state index is 0.283. The molecule has 1 rings (SSSR count). The van der Waals surface area contributed by atoms with E-state index in [4.69, 9.17) is 11.6 Å². The molecule has 0 aliphatic heterocycles. The quantitative estimate of drug-likeness (QED) is 0.629. The number of halogens is 7. The highest BCUT2D eigenvalue weighted by Crippen LogP contribution is 2.41. The van der Waals surface area contributed by atoms with E-state index in [1.807, 2.05) is 0 Å². The van der Waals surface area contributed by atoms with Crippen LogP contribution in [0.5, 0.6) is 11.5 Å². The lowest BCUT2D eigenvalue weighted by Gasteiger charge is -2.17. The zero-order valence-electron chi connectivity index (χ0n) is 9.19. The molecule has 3 nitrogen and oxygen atoms in total. The van der Waals surface area contributed by atoms with E-state index in [1.54, 1.807) is 0 Å². The maximum Gasteiger partial charge on any atom is 0.573 e. The summed E-state index contributed by atoms with van der Waals surface area (Å²) in [6.07, 6.45) is -9.67. The van der Waals surface area contributed by atoms with E-state index >= 15 is 0 Å². The molecule has 0 unspecified atom stereocenters. The first kappa shape index (κ1) is 15.7. The SMILES string of the molecule is COc1c(OC(F)(F)F)cnc(C(F)(F)F)c1CCl. The third-order valence-corrected chi connectivity index (χ3v) is 2.19. The normalized spacial score (nSPS) is 12.4. The zero-order chi connectivity index (χ0) is 14.8. The molecule has 0 aliphatic rings. The number of hydrogen-bond donors (Lipinski definition) is 0. The van der Waals surface area contributed by atoms with Gasteiger partial charge in [-0.2, -0.15) is 13.2 Å². The van der Waals surface area contributed by atoms with E-state index < -0.39 is 41.2 Å². The molecule has 108 valence electrons. The van der Waals surface area contributed by atoms with E-state index in [9.17, 15) is 26.3 Å². The van der Waals surface area contributed by atoms with Crippen LogP contribution in [-0.2, 0) is 12.1 Å². The fourth-order valence-electron chi connectivity index (χ4n) is 1.31. The highest BCUT2D eigenvalue weighted by Gasteiger charge is 2.39. The summed E-state index contributed by atoms with van der Waals surface area (Å²) in [5.41, 5.74) is -2.15. The van der Waals surface area contributed by atoms with E-state index in [0.717, 1.165) is 7.11 Å². The lowest BCUT2D eigenvalue weighted by atomic mass is 10.2. The molecule has 0 radical (unpaired) electrons. The first-order valence-corrected chi connectivity index (χ1v) is 5.08. The predicted octanol–water partition coefficient (Wildman–Crippen LogP) is 3.75. The zero-order valence-corrected chi connectivity index (χ0v) is 9.95. The summed E-state index contributed by atoms with van der Waals surface area (Å²) in [4.78, 5) is 2.90. The third kappa shape index (κ3) is 3.79.